The summed E-state index contributed by atoms with van der Waals surface area (Å²) in [6, 6.07) is 21.8. The first-order chi connectivity index (χ1) is 19.4. The molecule has 0 N–H and O–H groups in total. The molecule has 0 aliphatic carbocycles. The predicted molar refractivity (Wildman–Crippen MR) is 154 cm³/mol. The first-order valence-corrected chi connectivity index (χ1v) is 13.8. The largest absolute Gasteiger partial charge is 0.485 e. The van der Waals surface area contributed by atoms with E-state index < -0.39 is 6.10 Å². The molecule has 1 aliphatic rings. The van der Waals surface area contributed by atoms with E-state index >= 15 is 0 Å². The highest BCUT2D eigenvalue weighted by Gasteiger charge is 2.27. The number of hydrogen-bond donors (Lipinski definition) is 0. The number of hydrogen-bond acceptors (Lipinski definition) is 7. The lowest BCUT2D eigenvalue weighted by Gasteiger charge is -2.24. The predicted octanol–water partition coefficient (Wildman–Crippen LogP) is 4.99. The zero-order chi connectivity index (χ0) is 27.4. The number of aryl methyl sites for hydroxylation is 3. The molecule has 6 aromatic rings. The Labute approximate surface area is 233 Å². The third kappa shape index (κ3) is 4.15. The van der Waals surface area contributed by atoms with Gasteiger partial charge in [-0.25, -0.2) is 4.68 Å². The normalized spacial score (nSPS) is 15.2. The summed E-state index contributed by atoms with van der Waals surface area (Å²) in [5.74, 6) is 1.75. The van der Waals surface area contributed by atoms with Crippen molar-refractivity contribution in [2.24, 2.45) is 0 Å². The van der Waals surface area contributed by atoms with Crippen LogP contribution in [0, 0.1) is 20.8 Å². The number of benzene rings is 3. The molecule has 7 rings (SSSR count). The molecule has 9 heteroatoms. The number of ether oxygens (including phenoxy) is 2. The Hall–Kier alpha value is -4.76. The van der Waals surface area contributed by atoms with Crippen molar-refractivity contribution in [1.82, 2.24) is 24.4 Å². The number of nitrogens with zero attached hydrogens (tertiary/aromatic N) is 5. The second-order valence-electron chi connectivity index (χ2n) is 9.93. The van der Waals surface area contributed by atoms with E-state index in [4.69, 9.17) is 14.6 Å². The van der Waals surface area contributed by atoms with Crippen LogP contribution >= 0.6 is 11.3 Å². The van der Waals surface area contributed by atoms with Crippen LogP contribution in [-0.4, -0.2) is 31.0 Å². The third-order valence-electron chi connectivity index (χ3n) is 6.96. The molecule has 0 fully saturated rings. The van der Waals surface area contributed by atoms with Gasteiger partial charge in [0.1, 0.15) is 12.3 Å². The lowest BCUT2D eigenvalue weighted by atomic mass is 9.95. The fourth-order valence-corrected chi connectivity index (χ4v) is 6.13. The Bertz CT molecular complexity index is 1990. The number of thiazole rings is 1. The molecular weight excluding hydrogens is 522 g/mol. The van der Waals surface area contributed by atoms with Gasteiger partial charge >= 0.3 is 0 Å². The van der Waals surface area contributed by atoms with Gasteiger partial charge in [-0.2, -0.15) is 14.6 Å². The highest BCUT2D eigenvalue weighted by molar-refractivity contribution is 7.15. The van der Waals surface area contributed by atoms with Gasteiger partial charge in [-0.05, 0) is 62.2 Å². The molecule has 1 unspecified atom stereocenters. The summed E-state index contributed by atoms with van der Waals surface area (Å²) in [5, 5.41) is 9.48. The van der Waals surface area contributed by atoms with Crippen molar-refractivity contribution in [3.8, 4) is 28.4 Å². The summed E-state index contributed by atoms with van der Waals surface area (Å²) >= 11 is 1.30. The molecule has 0 bridgehead atoms. The minimum absolute atomic E-state index is 0.230. The van der Waals surface area contributed by atoms with Crippen molar-refractivity contribution >= 4 is 22.4 Å². The minimum atomic E-state index is -0.489. The van der Waals surface area contributed by atoms with Gasteiger partial charge in [0.15, 0.2) is 23.4 Å². The molecule has 0 radical (unpaired) electrons. The standard InChI is InChI=1S/C31H25N5O3S/c1-18-13-19(2)27(20(3)14-18)28-21(16-35(33-28)22-9-5-4-6-10-22)15-26-30(37)36-31(40-26)32-29(34-36)25-17-38-23-11-7-8-12-24(23)39-25/h4-16,25H,17H2,1-3H3/b26-15-. The average Bonchev–Trinajstić information content (AvgIpc) is 3.64. The van der Waals surface area contributed by atoms with Crippen LogP contribution in [0.2, 0.25) is 0 Å². The number of fused-ring (bicyclic) bond motifs is 2. The van der Waals surface area contributed by atoms with E-state index in [2.05, 4.69) is 43.0 Å². The molecule has 0 amide bonds. The topological polar surface area (TPSA) is 83.5 Å². The van der Waals surface area contributed by atoms with Crippen molar-refractivity contribution in [2.75, 3.05) is 6.61 Å². The van der Waals surface area contributed by atoms with Crippen molar-refractivity contribution in [3.05, 3.63) is 116 Å². The van der Waals surface area contributed by atoms with Gasteiger partial charge in [-0.3, -0.25) is 4.79 Å². The van der Waals surface area contributed by atoms with Gasteiger partial charge in [0, 0.05) is 17.3 Å². The second kappa shape index (κ2) is 9.46. The summed E-state index contributed by atoms with van der Waals surface area (Å²) in [4.78, 5) is 18.6. The molecule has 8 nitrogen and oxygen atoms in total. The van der Waals surface area contributed by atoms with Crippen molar-refractivity contribution in [2.45, 2.75) is 26.9 Å². The van der Waals surface area contributed by atoms with Crippen molar-refractivity contribution < 1.29 is 9.47 Å². The fourth-order valence-electron chi connectivity index (χ4n) is 5.23. The van der Waals surface area contributed by atoms with Gasteiger partial charge < -0.3 is 9.47 Å². The number of rotatable bonds is 4. The molecule has 4 heterocycles. The third-order valence-corrected chi connectivity index (χ3v) is 7.92. The Balaban J connectivity index is 1.32. The van der Waals surface area contributed by atoms with Crippen LogP contribution in [0.4, 0.5) is 0 Å². The van der Waals surface area contributed by atoms with Crippen LogP contribution in [0.25, 0.3) is 28.0 Å². The second-order valence-corrected chi connectivity index (χ2v) is 10.9. The number of para-hydroxylation sites is 3. The van der Waals surface area contributed by atoms with Crippen LogP contribution in [0.15, 0.2) is 77.7 Å². The highest BCUT2D eigenvalue weighted by atomic mass is 32.1. The van der Waals surface area contributed by atoms with Crippen LogP contribution < -0.4 is 19.6 Å². The zero-order valence-corrected chi connectivity index (χ0v) is 23.0. The summed E-state index contributed by atoms with van der Waals surface area (Å²) in [7, 11) is 0. The summed E-state index contributed by atoms with van der Waals surface area (Å²) in [5.41, 5.74) is 6.92. The Morgan fingerprint density at radius 2 is 1.68 bits per heavy atom. The van der Waals surface area contributed by atoms with E-state index in [1.807, 2.05) is 71.6 Å². The lowest BCUT2D eigenvalue weighted by molar-refractivity contribution is 0.0852. The molecule has 0 saturated heterocycles. The van der Waals surface area contributed by atoms with Crippen LogP contribution in [-0.2, 0) is 0 Å². The summed E-state index contributed by atoms with van der Waals surface area (Å²) in [6.45, 7) is 6.56. The van der Waals surface area contributed by atoms with E-state index in [9.17, 15) is 4.79 Å². The molecule has 40 heavy (non-hydrogen) atoms. The van der Waals surface area contributed by atoms with Gasteiger partial charge in [0.05, 0.1) is 10.2 Å². The summed E-state index contributed by atoms with van der Waals surface area (Å²) < 4.78 is 15.6. The molecular formula is C31H25N5O3S. The molecule has 198 valence electrons. The van der Waals surface area contributed by atoms with Gasteiger partial charge in [0.25, 0.3) is 5.56 Å². The van der Waals surface area contributed by atoms with Crippen molar-refractivity contribution in [3.63, 3.8) is 0 Å². The smallest absolute Gasteiger partial charge is 0.291 e. The van der Waals surface area contributed by atoms with E-state index in [0.29, 0.717) is 26.8 Å². The SMILES string of the molecule is Cc1cc(C)c(-c2nn(-c3ccccc3)cc2/C=c2\sc3nc(C4COc5ccccc5O4)nn3c2=O)c(C)c1. The monoisotopic (exact) mass is 547 g/mol. The van der Waals surface area contributed by atoms with Crippen LogP contribution in [0.3, 0.4) is 0 Å². The van der Waals surface area contributed by atoms with Gasteiger partial charge in [0.2, 0.25) is 4.96 Å². The lowest BCUT2D eigenvalue weighted by Crippen LogP contribution is -2.26. The Morgan fingerprint density at radius 3 is 2.42 bits per heavy atom. The van der Waals surface area contributed by atoms with Gasteiger partial charge in [-0.15, -0.1) is 5.10 Å². The number of aromatic nitrogens is 5. The maximum absolute atomic E-state index is 13.5. The Kier molecular flexibility index (Phi) is 5.74. The van der Waals surface area contributed by atoms with Crippen LogP contribution in [0.1, 0.15) is 34.2 Å². The maximum Gasteiger partial charge on any atom is 0.291 e. The van der Waals surface area contributed by atoms with Crippen molar-refractivity contribution in [1.29, 1.82) is 0 Å². The first kappa shape index (κ1) is 24.3. The quantitative estimate of drug-likeness (QED) is 0.309. The summed E-state index contributed by atoms with van der Waals surface area (Å²) in [6.07, 6.45) is 3.37. The molecule has 1 atom stereocenters. The minimum Gasteiger partial charge on any atom is -0.485 e. The van der Waals surface area contributed by atoms with E-state index in [1.54, 1.807) is 0 Å². The fraction of sp³-hybridized carbons (Fsp3) is 0.161. The molecule has 3 aromatic heterocycles. The zero-order valence-electron chi connectivity index (χ0n) is 22.2. The molecule has 0 saturated carbocycles. The molecule has 1 aliphatic heterocycles. The van der Waals surface area contributed by atoms with E-state index in [0.717, 1.165) is 33.6 Å². The highest BCUT2D eigenvalue weighted by Crippen LogP contribution is 2.35. The Morgan fingerprint density at radius 1 is 0.950 bits per heavy atom. The molecule has 3 aromatic carbocycles. The van der Waals surface area contributed by atoms with Gasteiger partial charge in [-0.1, -0.05) is 59.4 Å². The van der Waals surface area contributed by atoms with E-state index in [1.165, 1.54) is 21.4 Å². The average molecular weight is 548 g/mol. The van der Waals surface area contributed by atoms with E-state index in [-0.39, 0.29) is 12.2 Å². The maximum atomic E-state index is 13.5. The van der Waals surface area contributed by atoms with Crippen LogP contribution in [0.5, 0.6) is 11.5 Å². The molecule has 0 spiro atoms. The first-order valence-electron chi connectivity index (χ1n) is 13.0.